The molecule has 1 aliphatic carbocycles. The first-order valence-electron chi connectivity index (χ1n) is 8.08. The zero-order chi connectivity index (χ0) is 16.1. The second kappa shape index (κ2) is 8.06. The van der Waals surface area contributed by atoms with Crippen LogP contribution >= 0.6 is 11.8 Å². The number of rotatable bonds is 5. The van der Waals surface area contributed by atoms with Crippen molar-refractivity contribution in [3.8, 4) is 0 Å². The van der Waals surface area contributed by atoms with Gasteiger partial charge in [0.25, 0.3) is 0 Å². The lowest BCUT2D eigenvalue weighted by atomic mass is 9.85. The Morgan fingerprint density at radius 3 is 2.77 bits per heavy atom. The van der Waals surface area contributed by atoms with Gasteiger partial charge in [0.05, 0.1) is 6.54 Å². The molecule has 2 amide bonds. The monoisotopic (exact) mass is 329 g/mol. The first-order chi connectivity index (χ1) is 10.5. The van der Waals surface area contributed by atoms with Gasteiger partial charge in [0.2, 0.25) is 0 Å². The van der Waals surface area contributed by atoms with E-state index in [2.05, 4.69) is 12.2 Å². The van der Waals surface area contributed by atoms with Crippen LogP contribution in [0.5, 0.6) is 0 Å². The first-order valence-corrected chi connectivity index (χ1v) is 9.24. The average Bonchev–Trinajstić information content (AvgIpc) is 2.64. The molecule has 0 aromatic rings. The van der Waals surface area contributed by atoms with E-state index in [1.54, 1.807) is 0 Å². The summed E-state index contributed by atoms with van der Waals surface area (Å²) >= 11 is 1.91. The number of amides is 2. The Balaban J connectivity index is 1.74. The molecule has 22 heavy (non-hydrogen) atoms. The lowest BCUT2D eigenvalue weighted by Crippen LogP contribution is -2.57. The molecule has 2 aliphatic rings. The second-order valence-corrected chi connectivity index (χ2v) is 7.50. The number of hydrogen-bond donors (Lipinski definition) is 2. The summed E-state index contributed by atoms with van der Waals surface area (Å²) in [6.07, 6.45) is 1.70. The Bertz CT molecular complexity index is 401. The number of likely N-dealkylation sites (N-methyl/N-ethyl adjacent to an activating group) is 1. The highest BCUT2D eigenvalue weighted by Gasteiger charge is 2.35. The van der Waals surface area contributed by atoms with E-state index in [1.165, 1.54) is 0 Å². The van der Waals surface area contributed by atoms with Gasteiger partial charge in [0.1, 0.15) is 0 Å². The number of urea groups is 1. The fourth-order valence-corrected chi connectivity index (χ4v) is 4.13. The summed E-state index contributed by atoms with van der Waals surface area (Å²) in [6, 6.07) is 0.510. The summed E-state index contributed by atoms with van der Waals surface area (Å²) in [7, 11) is 0. The SMILES string of the molecule is CCN(CC(=O)O)C1CC(NC(=O)N2CCSCC(C)C2)C1. The minimum Gasteiger partial charge on any atom is -0.480 e. The fourth-order valence-electron chi connectivity index (χ4n) is 3.11. The zero-order valence-corrected chi connectivity index (χ0v) is 14.3. The second-order valence-electron chi connectivity index (χ2n) is 6.35. The maximum atomic E-state index is 12.3. The fraction of sp³-hybridized carbons (Fsp3) is 0.867. The summed E-state index contributed by atoms with van der Waals surface area (Å²) in [5.41, 5.74) is 0. The van der Waals surface area contributed by atoms with Crippen molar-refractivity contribution in [3.63, 3.8) is 0 Å². The van der Waals surface area contributed by atoms with Crippen molar-refractivity contribution in [2.45, 2.75) is 38.8 Å². The van der Waals surface area contributed by atoms with Crippen LogP contribution in [0.15, 0.2) is 0 Å². The number of carbonyl (C=O) groups excluding carboxylic acids is 1. The van der Waals surface area contributed by atoms with Crippen LogP contribution in [0.2, 0.25) is 0 Å². The van der Waals surface area contributed by atoms with Crippen molar-refractivity contribution in [3.05, 3.63) is 0 Å². The number of aliphatic carboxylic acids is 1. The summed E-state index contributed by atoms with van der Waals surface area (Å²) in [6.45, 7) is 6.63. The van der Waals surface area contributed by atoms with Crippen LogP contribution in [0, 0.1) is 5.92 Å². The molecule has 0 spiro atoms. The largest absolute Gasteiger partial charge is 0.480 e. The Morgan fingerprint density at radius 1 is 1.41 bits per heavy atom. The predicted molar refractivity (Wildman–Crippen MR) is 88.3 cm³/mol. The summed E-state index contributed by atoms with van der Waals surface area (Å²) in [4.78, 5) is 27.0. The van der Waals surface area contributed by atoms with Crippen LogP contribution in [0.25, 0.3) is 0 Å². The number of nitrogens with one attached hydrogen (secondary N) is 1. The summed E-state index contributed by atoms with van der Waals surface area (Å²) in [5, 5.41) is 12.0. The molecular formula is C15H27N3O3S. The van der Waals surface area contributed by atoms with Crippen molar-refractivity contribution in [2.24, 2.45) is 5.92 Å². The van der Waals surface area contributed by atoms with E-state index in [4.69, 9.17) is 5.11 Å². The third kappa shape index (κ3) is 4.78. The quantitative estimate of drug-likeness (QED) is 0.796. The zero-order valence-electron chi connectivity index (χ0n) is 13.5. The molecule has 6 nitrogen and oxygen atoms in total. The maximum Gasteiger partial charge on any atom is 0.317 e. The van der Waals surface area contributed by atoms with E-state index in [-0.39, 0.29) is 24.7 Å². The molecule has 1 saturated heterocycles. The van der Waals surface area contributed by atoms with Gasteiger partial charge in [-0.2, -0.15) is 11.8 Å². The van der Waals surface area contributed by atoms with Gasteiger partial charge in [0.15, 0.2) is 0 Å². The first kappa shape index (κ1) is 17.4. The number of thioether (sulfide) groups is 1. The third-order valence-electron chi connectivity index (χ3n) is 4.43. The smallest absolute Gasteiger partial charge is 0.317 e. The molecule has 2 fully saturated rings. The molecule has 0 aromatic heterocycles. The molecule has 0 radical (unpaired) electrons. The van der Waals surface area contributed by atoms with Crippen molar-refractivity contribution in [1.82, 2.24) is 15.1 Å². The Labute approximate surface area is 136 Å². The molecule has 7 heteroatoms. The number of carbonyl (C=O) groups is 2. The molecule has 1 heterocycles. The lowest BCUT2D eigenvalue weighted by Gasteiger charge is -2.42. The minimum atomic E-state index is -0.787. The van der Waals surface area contributed by atoms with Gasteiger partial charge in [-0.05, 0) is 31.1 Å². The maximum absolute atomic E-state index is 12.3. The Kier molecular flexibility index (Phi) is 6.37. The molecule has 2 N–H and O–H groups in total. The van der Waals surface area contributed by atoms with Gasteiger partial charge in [-0.1, -0.05) is 13.8 Å². The molecule has 2 rings (SSSR count). The molecule has 0 bridgehead atoms. The topological polar surface area (TPSA) is 72.9 Å². The van der Waals surface area contributed by atoms with Crippen molar-refractivity contribution >= 4 is 23.8 Å². The standard InChI is InChI=1S/C15H27N3O3S/c1-3-17(9-14(19)20)13-6-12(7-13)16-15(21)18-4-5-22-10-11(2)8-18/h11-13H,3-10H2,1-2H3,(H,16,21)(H,19,20). The average molecular weight is 329 g/mol. The molecule has 126 valence electrons. The van der Waals surface area contributed by atoms with Crippen molar-refractivity contribution in [1.29, 1.82) is 0 Å². The highest BCUT2D eigenvalue weighted by molar-refractivity contribution is 7.99. The van der Waals surface area contributed by atoms with E-state index >= 15 is 0 Å². The number of nitrogens with zero attached hydrogens (tertiary/aromatic N) is 2. The van der Waals surface area contributed by atoms with E-state index in [1.807, 2.05) is 28.5 Å². The van der Waals surface area contributed by atoms with Crippen LogP contribution in [-0.2, 0) is 4.79 Å². The summed E-state index contributed by atoms with van der Waals surface area (Å²) in [5.74, 6) is 1.88. The van der Waals surface area contributed by atoms with Gasteiger partial charge in [-0.15, -0.1) is 0 Å². The van der Waals surface area contributed by atoms with Crippen LogP contribution in [0.1, 0.15) is 26.7 Å². The lowest BCUT2D eigenvalue weighted by molar-refractivity contribution is -0.139. The minimum absolute atomic E-state index is 0.0408. The summed E-state index contributed by atoms with van der Waals surface area (Å²) < 4.78 is 0. The van der Waals surface area contributed by atoms with E-state index in [0.29, 0.717) is 5.92 Å². The molecule has 1 unspecified atom stereocenters. The predicted octanol–water partition coefficient (Wildman–Crippen LogP) is 1.32. The number of hydrogen-bond acceptors (Lipinski definition) is 4. The van der Waals surface area contributed by atoms with Gasteiger partial charge in [0, 0.05) is 30.9 Å². The van der Waals surface area contributed by atoms with Gasteiger partial charge in [-0.3, -0.25) is 9.69 Å². The van der Waals surface area contributed by atoms with E-state index in [0.717, 1.165) is 44.0 Å². The van der Waals surface area contributed by atoms with Crippen LogP contribution in [0.3, 0.4) is 0 Å². The molecule has 1 atom stereocenters. The van der Waals surface area contributed by atoms with Crippen LogP contribution in [-0.4, -0.2) is 76.7 Å². The normalized spacial score (nSPS) is 28.9. The molecule has 1 saturated carbocycles. The highest BCUT2D eigenvalue weighted by Crippen LogP contribution is 2.26. The number of carboxylic acid groups (broad SMARTS) is 1. The van der Waals surface area contributed by atoms with E-state index in [9.17, 15) is 9.59 Å². The van der Waals surface area contributed by atoms with Gasteiger partial charge in [-0.25, -0.2) is 4.79 Å². The Hall–Kier alpha value is -0.950. The van der Waals surface area contributed by atoms with Crippen molar-refractivity contribution in [2.75, 3.05) is 37.7 Å². The van der Waals surface area contributed by atoms with Crippen LogP contribution in [0.4, 0.5) is 4.79 Å². The molecule has 1 aliphatic heterocycles. The van der Waals surface area contributed by atoms with Gasteiger partial charge >= 0.3 is 12.0 Å². The number of carboxylic acids is 1. The van der Waals surface area contributed by atoms with Gasteiger partial charge < -0.3 is 15.3 Å². The highest BCUT2D eigenvalue weighted by atomic mass is 32.2. The molecular weight excluding hydrogens is 302 g/mol. The van der Waals surface area contributed by atoms with Crippen LogP contribution < -0.4 is 5.32 Å². The van der Waals surface area contributed by atoms with Crippen molar-refractivity contribution < 1.29 is 14.7 Å². The van der Waals surface area contributed by atoms with E-state index < -0.39 is 5.97 Å². The Morgan fingerprint density at radius 2 is 2.14 bits per heavy atom. The third-order valence-corrected chi connectivity index (χ3v) is 5.70. The molecule has 0 aromatic carbocycles.